The molecule has 150 valence electrons. The largest absolute Gasteiger partial charge is 0.494 e. The Bertz CT molecular complexity index is 818. The van der Waals surface area contributed by atoms with Gasteiger partial charge in [0.05, 0.1) is 12.5 Å². The number of amides is 1. The van der Waals surface area contributed by atoms with Crippen molar-refractivity contribution in [2.75, 3.05) is 13.2 Å². The number of benzene rings is 1. The van der Waals surface area contributed by atoms with Gasteiger partial charge in [-0.2, -0.15) is 4.98 Å². The summed E-state index contributed by atoms with van der Waals surface area (Å²) in [5, 5.41) is 13.3. The number of likely N-dealkylation sites (tertiary alicyclic amines) is 1. The summed E-state index contributed by atoms with van der Waals surface area (Å²) < 4.78 is 10.7. The molecular weight excluding hydrogens is 362 g/mol. The number of carbonyl (C=O) groups excluding carboxylic acids is 1. The van der Waals surface area contributed by atoms with Gasteiger partial charge in [-0.15, -0.1) is 0 Å². The second-order valence-electron chi connectivity index (χ2n) is 6.88. The first-order valence-corrected chi connectivity index (χ1v) is 9.57. The maximum atomic E-state index is 12.6. The van der Waals surface area contributed by atoms with E-state index in [1.54, 1.807) is 11.8 Å². The van der Waals surface area contributed by atoms with Gasteiger partial charge in [-0.25, -0.2) is 0 Å². The predicted molar refractivity (Wildman–Crippen MR) is 101 cm³/mol. The van der Waals surface area contributed by atoms with E-state index in [2.05, 4.69) is 10.1 Å². The SMILES string of the molecule is CCOc1ccc(-c2noc(CCC(=O)N3CCC[C@H](C(=O)O)[C@@H]3C)n2)cc1. The van der Waals surface area contributed by atoms with Crippen LogP contribution in [0.3, 0.4) is 0 Å². The summed E-state index contributed by atoms with van der Waals surface area (Å²) in [5.41, 5.74) is 0.804. The van der Waals surface area contributed by atoms with E-state index in [1.165, 1.54) is 0 Å². The lowest BCUT2D eigenvalue weighted by atomic mass is 9.90. The van der Waals surface area contributed by atoms with Gasteiger partial charge in [0, 0.05) is 31.0 Å². The van der Waals surface area contributed by atoms with E-state index in [1.807, 2.05) is 31.2 Å². The summed E-state index contributed by atoms with van der Waals surface area (Å²) in [6.45, 7) is 4.91. The predicted octanol–water partition coefficient (Wildman–Crippen LogP) is 2.78. The van der Waals surface area contributed by atoms with Gasteiger partial charge in [-0.1, -0.05) is 5.16 Å². The number of aryl methyl sites for hydroxylation is 1. The number of rotatable bonds is 7. The molecule has 8 nitrogen and oxygen atoms in total. The van der Waals surface area contributed by atoms with Crippen molar-refractivity contribution in [1.29, 1.82) is 0 Å². The number of carboxylic acid groups (broad SMARTS) is 1. The molecule has 0 unspecified atom stereocenters. The molecule has 1 aliphatic heterocycles. The number of carboxylic acids is 1. The van der Waals surface area contributed by atoms with Crippen molar-refractivity contribution in [3.63, 3.8) is 0 Å². The van der Waals surface area contributed by atoms with Crippen LogP contribution in [0.2, 0.25) is 0 Å². The molecule has 0 radical (unpaired) electrons. The molecule has 1 fully saturated rings. The maximum Gasteiger partial charge on any atom is 0.308 e. The second-order valence-corrected chi connectivity index (χ2v) is 6.88. The minimum absolute atomic E-state index is 0.0840. The third-order valence-corrected chi connectivity index (χ3v) is 5.07. The highest BCUT2D eigenvalue weighted by Crippen LogP contribution is 2.25. The van der Waals surface area contributed by atoms with E-state index in [0.717, 1.165) is 11.3 Å². The summed E-state index contributed by atoms with van der Waals surface area (Å²) in [6.07, 6.45) is 1.84. The molecule has 28 heavy (non-hydrogen) atoms. The standard InChI is InChI=1S/C20H25N3O5/c1-3-27-15-8-6-14(7-9-15)19-21-17(28-22-19)10-11-18(24)23-12-4-5-16(13(23)2)20(25)26/h6-9,13,16H,3-5,10-12H2,1-2H3,(H,25,26)/t13-,16-/m0/s1. The zero-order valence-corrected chi connectivity index (χ0v) is 16.1. The summed E-state index contributed by atoms with van der Waals surface area (Å²) in [7, 11) is 0. The minimum Gasteiger partial charge on any atom is -0.494 e. The first-order chi connectivity index (χ1) is 13.5. The van der Waals surface area contributed by atoms with E-state index >= 15 is 0 Å². The first kappa shape index (κ1) is 19.9. The molecule has 1 amide bonds. The number of piperidine rings is 1. The molecule has 0 bridgehead atoms. The van der Waals surface area contributed by atoms with Crippen LogP contribution in [0.4, 0.5) is 0 Å². The Labute approximate surface area is 163 Å². The van der Waals surface area contributed by atoms with Crippen LogP contribution in [-0.4, -0.2) is 51.2 Å². The molecule has 1 N–H and O–H groups in total. The highest BCUT2D eigenvalue weighted by Gasteiger charge is 2.35. The van der Waals surface area contributed by atoms with Gasteiger partial charge in [-0.05, 0) is 51.0 Å². The number of aliphatic carboxylic acids is 1. The summed E-state index contributed by atoms with van der Waals surface area (Å²) in [5.74, 6) is 0.184. The topological polar surface area (TPSA) is 106 Å². The first-order valence-electron chi connectivity index (χ1n) is 9.57. The number of hydrogen-bond acceptors (Lipinski definition) is 6. The van der Waals surface area contributed by atoms with Crippen molar-refractivity contribution in [1.82, 2.24) is 15.0 Å². The van der Waals surface area contributed by atoms with Crippen molar-refractivity contribution in [2.45, 2.75) is 45.6 Å². The number of carbonyl (C=O) groups is 2. The lowest BCUT2D eigenvalue weighted by Crippen LogP contribution is -2.49. The van der Waals surface area contributed by atoms with Gasteiger partial charge in [0.25, 0.3) is 0 Å². The van der Waals surface area contributed by atoms with E-state index in [9.17, 15) is 14.7 Å². The van der Waals surface area contributed by atoms with E-state index in [0.29, 0.717) is 44.1 Å². The van der Waals surface area contributed by atoms with Crippen LogP contribution in [0.5, 0.6) is 5.75 Å². The lowest BCUT2D eigenvalue weighted by Gasteiger charge is -2.37. The van der Waals surface area contributed by atoms with Crippen LogP contribution in [0.1, 0.15) is 39.0 Å². The molecule has 2 atom stereocenters. The molecule has 2 heterocycles. The fourth-order valence-corrected chi connectivity index (χ4v) is 3.52. The molecule has 1 aromatic heterocycles. The average molecular weight is 387 g/mol. The smallest absolute Gasteiger partial charge is 0.308 e. The molecular formula is C20H25N3O5. The van der Waals surface area contributed by atoms with Crippen LogP contribution >= 0.6 is 0 Å². The van der Waals surface area contributed by atoms with Crippen molar-refractivity contribution < 1.29 is 24.0 Å². The van der Waals surface area contributed by atoms with Crippen molar-refractivity contribution in [3.05, 3.63) is 30.2 Å². The lowest BCUT2D eigenvalue weighted by molar-refractivity contribution is -0.149. The molecule has 0 saturated carbocycles. The number of hydrogen-bond donors (Lipinski definition) is 1. The Morgan fingerprint density at radius 2 is 2.07 bits per heavy atom. The highest BCUT2D eigenvalue weighted by atomic mass is 16.5. The van der Waals surface area contributed by atoms with Gasteiger partial charge in [0.1, 0.15) is 5.75 Å². The highest BCUT2D eigenvalue weighted by molar-refractivity contribution is 5.78. The van der Waals surface area contributed by atoms with E-state index in [4.69, 9.17) is 9.26 Å². The fourth-order valence-electron chi connectivity index (χ4n) is 3.52. The third kappa shape index (κ3) is 4.49. The van der Waals surface area contributed by atoms with Crippen molar-refractivity contribution >= 4 is 11.9 Å². The van der Waals surface area contributed by atoms with Gasteiger partial charge in [0.2, 0.25) is 17.6 Å². The van der Waals surface area contributed by atoms with Gasteiger partial charge >= 0.3 is 5.97 Å². The number of ether oxygens (including phenoxy) is 1. The van der Waals surface area contributed by atoms with Gasteiger partial charge in [-0.3, -0.25) is 9.59 Å². The molecule has 3 rings (SSSR count). The number of nitrogens with zero attached hydrogens (tertiary/aromatic N) is 3. The molecule has 1 aliphatic rings. The van der Waals surface area contributed by atoms with E-state index < -0.39 is 11.9 Å². The normalized spacial score (nSPS) is 19.4. The molecule has 8 heteroatoms. The van der Waals surface area contributed by atoms with Crippen LogP contribution in [-0.2, 0) is 16.0 Å². The minimum atomic E-state index is -0.845. The summed E-state index contributed by atoms with van der Waals surface area (Å²) in [6, 6.07) is 7.09. The summed E-state index contributed by atoms with van der Waals surface area (Å²) >= 11 is 0. The Morgan fingerprint density at radius 1 is 1.32 bits per heavy atom. The molecule has 0 aliphatic carbocycles. The Hall–Kier alpha value is -2.90. The Morgan fingerprint density at radius 3 is 2.75 bits per heavy atom. The zero-order chi connectivity index (χ0) is 20.1. The third-order valence-electron chi connectivity index (χ3n) is 5.07. The molecule has 0 spiro atoms. The van der Waals surface area contributed by atoms with Crippen molar-refractivity contribution in [2.24, 2.45) is 5.92 Å². The monoisotopic (exact) mass is 387 g/mol. The van der Waals surface area contributed by atoms with Crippen LogP contribution in [0.25, 0.3) is 11.4 Å². The maximum absolute atomic E-state index is 12.6. The average Bonchev–Trinajstić information content (AvgIpc) is 3.16. The van der Waals surface area contributed by atoms with Crippen LogP contribution < -0.4 is 4.74 Å². The molecule has 1 saturated heterocycles. The fraction of sp³-hybridized carbons (Fsp3) is 0.500. The quantitative estimate of drug-likeness (QED) is 0.778. The zero-order valence-electron chi connectivity index (χ0n) is 16.1. The van der Waals surface area contributed by atoms with E-state index in [-0.39, 0.29) is 18.4 Å². The van der Waals surface area contributed by atoms with Crippen LogP contribution in [0.15, 0.2) is 28.8 Å². The number of aromatic nitrogens is 2. The Balaban J connectivity index is 1.58. The molecule has 2 aromatic rings. The van der Waals surface area contributed by atoms with Crippen molar-refractivity contribution in [3.8, 4) is 17.1 Å². The Kier molecular flexibility index (Phi) is 6.28. The van der Waals surface area contributed by atoms with Crippen LogP contribution in [0, 0.1) is 5.92 Å². The van der Waals surface area contributed by atoms with Gasteiger partial charge < -0.3 is 19.3 Å². The second kappa shape index (κ2) is 8.86. The van der Waals surface area contributed by atoms with Gasteiger partial charge in [0.15, 0.2) is 0 Å². The molecule has 1 aromatic carbocycles. The summed E-state index contributed by atoms with van der Waals surface area (Å²) in [4.78, 5) is 29.9.